The summed E-state index contributed by atoms with van der Waals surface area (Å²) in [5, 5.41) is 2.70. The molecular weight excluding hydrogens is 324 g/mol. The molecule has 6 nitrogen and oxygen atoms in total. The normalized spacial score (nSPS) is 11.4. The van der Waals surface area contributed by atoms with Gasteiger partial charge in [-0.15, -0.1) is 11.3 Å². The number of hydrogen-bond acceptors (Lipinski definition) is 6. The number of thiazole rings is 1. The van der Waals surface area contributed by atoms with Gasteiger partial charge in [0.15, 0.2) is 0 Å². The van der Waals surface area contributed by atoms with Crippen molar-refractivity contribution >= 4 is 27.3 Å². The van der Waals surface area contributed by atoms with Crippen LogP contribution in [0.4, 0.5) is 0 Å². The number of methoxy groups -OCH3 is 1. The monoisotopic (exact) mass is 340 g/mol. The maximum Gasteiger partial charge on any atom is 0.337 e. The fourth-order valence-corrected chi connectivity index (χ4v) is 3.55. The number of nitrogens with one attached hydrogen (secondary N) is 1. The van der Waals surface area contributed by atoms with E-state index in [1.54, 1.807) is 18.2 Å². The Balaban J connectivity index is 2.03. The lowest BCUT2D eigenvalue weighted by Crippen LogP contribution is -2.25. The van der Waals surface area contributed by atoms with Crippen LogP contribution in [0.2, 0.25) is 0 Å². The van der Waals surface area contributed by atoms with Crippen molar-refractivity contribution in [2.24, 2.45) is 0 Å². The van der Waals surface area contributed by atoms with Crippen molar-refractivity contribution < 1.29 is 17.9 Å². The standard InChI is InChI=1S/C14H16N2O4S2/c1-10-16-13(8-21-10)7-15-22(18,19)9-11-4-3-5-12(6-11)14(17)20-2/h3-6,8,15H,7,9H2,1-2H3. The highest BCUT2D eigenvalue weighted by atomic mass is 32.2. The predicted octanol–water partition coefficient (Wildman–Crippen LogP) is 1.86. The molecule has 0 unspecified atom stereocenters. The molecule has 0 saturated heterocycles. The van der Waals surface area contributed by atoms with E-state index in [4.69, 9.17) is 0 Å². The number of ether oxygens (including phenoxy) is 1. The van der Waals surface area contributed by atoms with Gasteiger partial charge < -0.3 is 4.74 Å². The fraction of sp³-hybridized carbons (Fsp3) is 0.286. The zero-order valence-corrected chi connectivity index (χ0v) is 13.8. The number of hydrogen-bond donors (Lipinski definition) is 1. The van der Waals surface area contributed by atoms with Gasteiger partial charge in [0.05, 0.1) is 35.7 Å². The van der Waals surface area contributed by atoms with E-state index < -0.39 is 16.0 Å². The summed E-state index contributed by atoms with van der Waals surface area (Å²) in [5.74, 6) is -0.703. The van der Waals surface area contributed by atoms with Gasteiger partial charge in [0.2, 0.25) is 10.0 Å². The first-order valence-electron chi connectivity index (χ1n) is 6.45. The zero-order valence-electron chi connectivity index (χ0n) is 12.2. The van der Waals surface area contributed by atoms with E-state index in [1.807, 2.05) is 12.3 Å². The van der Waals surface area contributed by atoms with Crippen LogP contribution in [-0.2, 0) is 27.1 Å². The second kappa shape index (κ2) is 6.99. The summed E-state index contributed by atoms with van der Waals surface area (Å²) in [7, 11) is -2.23. The van der Waals surface area contributed by atoms with Crippen LogP contribution in [0.3, 0.4) is 0 Å². The Labute approximate surface area is 133 Å². The molecule has 2 rings (SSSR count). The summed E-state index contributed by atoms with van der Waals surface area (Å²) in [4.78, 5) is 15.6. The Hall–Kier alpha value is -1.77. The number of carbonyl (C=O) groups is 1. The first-order chi connectivity index (χ1) is 10.4. The average molecular weight is 340 g/mol. The summed E-state index contributed by atoms with van der Waals surface area (Å²) < 4.78 is 31.3. The molecule has 0 fully saturated rings. The molecule has 22 heavy (non-hydrogen) atoms. The lowest BCUT2D eigenvalue weighted by Gasteiger charge is -2.07. The third-order valence-corrected chi connectivity index (χ3v) is 4.96. The lowest BCUT2D eigenvalue weighted by molar-refractivity contribution is 0.0600. The van der Waals surface area contributed by atoms with Gasteiger partial charge in [-0.1, -0.05) is 12.1 Å². The van der Waals surface area contributed by atoms with Crippen molar-refractivity contribution in [3.63, 3.8) is 0 Å². The smallest absolute Gasteiger partial charge is 0.337 e. The van der Waals surface area contributed by atoms with E-state index in [0.717, 1.165) is 5.01 Å². The maximum atomic E-state index is 12.1. The van der Waals surface area contributed by atoms with E-state index >= 15 is 0 Å². The van der Waals surface area contributed by atoms with Crippen LogP contribution in [0.25, 0.3) is 0 Å². The molecule has 1 aromatic heterocycles. The van der Waals surface area contributed by atoms with Crippen LogP contribution in [0.5, 0.6) is 0 Å². The van der Waals surface area contributed by atoms with Crippen LogP contribution in [-0.4, -0.2) is 26.5 Å². The molecule has 0 aliphatic carbocycles. The van der Waals surface area contributed by atoms with Gasteiger partial charge >= 0.3 is 5.97 Å². The first kappa shape index (κ1) is 16.6. The number of esters is 1. The van der Waals surface area contributed by atoms with Crippen molar-refractivity contribution in [2.75, 3.05) is 7.11 Å². The summed E-state index contributed by atoms with van der Waals surface area (Å²) in [6, 6.07) is 6.37. The molecule has 1 heterocycles. The summed E-state index contributed by atoms with van der Waals surface area (Å²) in [5.41, 5.74) is 1.53. The van der Waals surface area contributed by atoms with Crippen LogP contribution < -0.4 is 4.72 Å². The second-order valence-corrected chi connectivity index (χ2v) is 7.50. The molecule has 0 atom stereocenters. The van der Waals surface area contributed by atoms with Gasteiger partial charge in [-0.05, 0) is 24.6 Å². The number of nitrogens with zero attached hydrogens (tertiary/aromatic N) is 1. The van der Waals surface area contributed by atoms with E-state index in [2.05, 4.69) is 14.4 Å². The van der Waals surface area contributed by atoms with E-state index in [9.17, 15) is 13.2 Å². The summed E-state index contributed by atoms with van der Waals surface area (Å²) in [6.45, 7) is 2.02. The van der Waals surface area contributed by atoms with E-state index in [-0.39, 0.29) is 12.3 Å². The molecular formula is C14H16N2O4S2. The number of rotatable bonds is 6. The lowest BCUT2D eigenvalue weighted by atomic mass is 10.1. The molecule has 0 saturated carbocycles. The Morgan fingerprint density at radius 2 is 2.18 bits per heavy atom. The highest BCUT2D eigenvalue weighted by Crippen LogP contribution is 2.11. The highest BCUT2D eigenvalue weighted by Gasteiger charge is 2.14. The van der Waals surface area contributed by atoms with Crippen molar-refractivity contribution in [3.8, 4) is 0 Å². The minimum Gasteiger partial charge on any atom is -0.465 e. The van der Waals surface area contributed by atoms with Gasteiger partial charge in [-0.3, -0.25) is 0 Å². The topological polar surface area (TPSA) is 85.4 Å². The van der Waals surface area contributed by atoms with Crippen molar-refractivity contribution in [3.05, 3.63) is 51.5 Å². The van der Waals surface area contributed by atoms with Crippen molar-refractivity contribution in [2.45, 2.75) is 19.2 Å². The van der Waals surface area contributed by atoms with Gasteiger partial charge in [0.25, 0.3) is 0 Å². The molecule has 8 heteroatoms. The third kappa shape index (κ3) is 4.62. The largest absolute Gasteiger partial charge is 0.465 e. The molecule has 0 radical (unpaired) electrons. The van der Waals surface area contributed by atoms with Crippen LogP contribution in [0.1, 0.15) is 26.6 Å². The van der Waals surface area contributed by atoms with Gasteiger partial charge in [-0.2, -0.15) is 0 Å². The van der Waals surface area contributed by atoms with Crippen LogP contribution >= 0.6 is 11.3 Å². The molecule has 0 aliphatic heterocycles. The number of aromatic nitrogens is 1. The van der Waals surface area contributed by atoms with Gasteiger partial charge in [0.1, 0.15) is 0 Å². The van der Waals surface area contributed by atoms with Crippen LogP contribution in [0.15, 0.2) is 29.6 Å². The van der Waals surface area contributed by atoms with Gasteiger partial charge in [0, 0.05) is 5.38 Å². The molecule has 0 aliphatic rings. The Bertz CT molecular complexity index is 769. The van der Waals surface area contributed by atoms with Gasteiger partial charge in [-0.25, -0.2) is 22.9 Å². The van der Waals surface area contributed by atoms with Crippen LogP contribution in [0, 0.1) is 6.92 Å². The molecule has 2 aromatic rings. The Kier molecular flexibility index (Phi) is 5.28. The molecule has 0 amide bonds. The number of sulfonamides is 1. The molecule has 1 N–H and O–H groups in total. The quantitative estimate of drug-likeness (QED) is 0.811. The number of aryl methyl sites for hydroxylation is 1. The molecule has 0 spiro atoms. The Morgan fingerprint density at radius 1 is 1.41 bits per heavy atom. The fourth-order valence-electron chi connectivity index (χ4n) is 1.85. The van der Waals surface area contributed by atoms with Crippen molar-refractivity contribution in [1.82, 2.24) is 9.71 Å². The molecule has 1 aromatic carbocycles. The molecule has 118 valence electrons. The first-order valence-corrected chi connectivity index (χ1v) is 8.98. The molecule has 0 bridgehead atoms. The second-order valence-electron chi connectivity index (χ2n) is 4.63. The number of carbonyl (C=O) groups excluding carboxylic acids is 1. The predicted molar refractivity (Wildman–Crippen MR) is 84.1 cm³/mol. The summed E-state index contributed by atoms with van der Waals surface area (Å²) >= 11 is 1.47. The third-order valence-electron chi connectivity index (χ3n) is 2.84. The SMILES string of the molecule is COC(=O)c1cccc(CS(=O)(=O)NCc2csc(C)n2)c1. The van der Waals surface area contributed by atoms with E-state index in [1.165, 1.54) is 24.5 Å². The zero-order chi connectivity index (χ0) is 16.2. The number of benzene rings is 1. The highest BCUT2D eigenvalue weighted by molar-refractivity contribution is 7.88. The average Bonchev–Trinajstić information content (AvgIpc) is 2.90. The minimum atomic E-state index is -3.51. The van der Waals surface area contributed by atoms with Crippen molar-refractivity contribution in [1.29, 1.82) is 0 Å². The minimum absolute atomic E-state index is 0.156. The summed E-state index contributed by atoms with van der Waals surface area (Å²) in [6.07, 6.45) is 0. The Morgan fingerprint density at radius 3 is 2.82 bits per heavy atom. The maximum absolute atomic E-state index is 12.1. The van der Waals surface area contributed by atoms with E-state index in [0.29, 0.717) is 16.8 Å².